The fourth-order valence-corrected chi connectivity index (χ4v) is 7.48. The van der Waals surface area contributed by atoms with Crippen LogP contribution in [0.4, 0.5) is 0 Å². The molecule has 1 atom stereocenters. The van der Waals surface area contributed by atoms with Gasteiger partial charge in [0.25, 0.3) is 0 Å². The minimum atomic E-state index is -0.800. The molecule has 0 amide bonds. The Balaban J connectivity index is 4.48. The van der Waals surface area contributed by atoms with E-state index in [1.165, 1.54) is 77.0 Å². The van der Waals surface area contributed by atoms with E-state index in [0.29, 0.717) is 19.3 Å². The van der Waals surface area contributed by atoms with Crippen molar-refractivity contribution in [2.24, 2.45) is 0 Å². The first kappa shape index (κ1) is 63.3. The van der Waals surface area contributed by atoms with Gasteiger partial charge in [0.2, 0.25) is 0 Å². The van der Waals surface area contributed by atoms with E-state index in [4.69, 9.17) is 14.2 Å². The highest BCUT2D eigenvalue weighted by Gasteiger charge is 2.19. The highest BCUT2D eigenvalue weighted by Crippen LogP contribution is 2.15. The topological polar surface area (TPSA) is 78.9 Å². The van der Waals surface area contributed by atoms with Crippen molar-refractivity contribution in [2.75, 3.05) is 13.2 Å². The van der Waals surface area contributed by atoms with Crippen molar-refractivity contribution >= 4 is 17.9 Å². The highest BCUT2D eigenvalue weighted by molar-refractivity contribution is 5.71. The first-order valence-corrected chi connectivity index (χ1v) is 27.7. The summed E-state index contributed by atoms with van der Waals surface area (Å²) in [5, 5.41) is 0. The van der Waals surface area contributed by atoms with Crippen LogP contribution in [0.3, 0.4) is 0 Å². The number of allylic oxidation sites excluding steroid dienone is 16. The van der Waals surface area contributed by atoms with E-state index in [1.807, 2.05) is 0 Å². The molecule has 0 heterocycles. The van der Waals surface area contributed by atoms with Crippen molar-refractivity contribution in [1.82, 2.24) is 0 Å². The van der Waals surface area contributed by atoms with Gasteiger partial charge in [-0.15, -0.1) is 0 Å². The molecule has 0 N–H and O–H groups in total. The van der Waals surface area contributed by atoms with Crippen molar-refractivity contribution in [3.05, 3.63) is 97.2 Å². The summed E-state index contributed by atoms with van der Waals surface area (Å²) in [5.41, 5.74) is 0. The third-order valence-corrected chi connectivity index (χ3v) is 11.6. The first-order valence-electron chi connectivity index (χ1n) is 27.7. The largest absolute Gasteiger partial charge is 0.462 e. The third kappa shape index (κ3) is 53.2. The number of esters is 3. The normalized spacial score (nSPS) is 12.8. The summed E-state index contributed by atoms with van der Waals surface area (Å²) in [6.45, 7) is 6.38. The molecule has 0 saturated carbocycles. The maximum absolute atomic E-state index is 12.8. The lowest BCUT2D eigenvalue weighted by Crippen LogP contribution is -2.30. The van der Waals surface area contributed by atoms with Crippen molar-refractivity contribution < 1.29 is 28.6 Å². The van der Waals surface area contributed by atoms with Crippen LogP contribution in [0, 0.1) is 0 Å². The summed E-state index contributed by atoms with van der Waals surface area (Å²) < 4.78 is 16.8. The monoisotopic (exact) mass is 931 g/mol. The van der Waals surface area contributed by atoms with Gasteiger partial charge < -0.3 is 14.2 Å². The maximum Gasteiger partial charge on any atom is 0.306 e. The van der Waals surface area contributed by atoms with E-state index in [2.05, 4.69) is 118 Å². The molecule has 6 heteroatoms. The lowest BCUT2D eigenvalue weighted by atomic mass is 10.0. The second-order valence-electron chi connectivity index (χ2n) is 18.1. The number of hydrogen-bond acceptors (Lipinski definition) is 6. The number of ether oxygens (including phenoxy) is 3. The average Bonchev–Trinajstić information content (AvgIpc) is 3.33. The van der Waals surface area contributed by atoms with E-state index in [-0.39, 0.29) is 31.1 Å². The van der Waals surface area contributed by atoms with Gasteiger partial charge in [-0.2, -0.15) is 0 Å². The van der Waals surface area contributed by atoms with E-state index in [9.17, 15) is 14.4 Å². The van der Waals surface area contributed by atoms with Gasteiger partial charge in [0.05, 0.1) is 0 Å². The molecule has 0 spiro atoms. The van der Waals surface area contributed by atoms with Crippen LogP contribution in [-0.2, 0) is 28.6 Å². The molecule has 0 rings (SSSR count). The molecule has 382 valence electrons. The zero-order valence-corrected chi connectivity index (χ0v) is 43.6. The number of carbonyl (C=O) groups is 3. The fourth-order valence-electron chi connectivity index (χ4n) is 7.48. The fraction of sp³-hybridized carbons (Fsp3) is 0.689. The molecular formula is C61H102O6. The lowest BCUT2D eigenvalue weighted by Gasteiger charge is -2.18. The Kier molecular flexibility index (Phi) is 51.9. The van der Waals surface area contributed by atoms with Crippen molar-refractivity contribution in [3.8, 4) is 0 Å². The molecule has 0 aromatic carbocycles. The van der Waals surface area contributed by atoms with E-state index >= 15 is 0 Å². The number of unbranched alkanes of at least 4 members (excludes halogenated alkanes) is 22. The molecule has 0 aromatic rings. The summed E-state index contributed by atoms with van der Waals surface area (Å²) in [6, 6.07) is 0. The number of carbonyl (C=O) groups excluding carboxylic acids is 3. The highest BCUT2D eigenvalue weighted by atomic mass is 16.6. The smallest absolute Gasteiger partial charge is 0.306 e. The SMILES string of the molecule is CC/C=C\C/C=C\C/C=C\C/C=C\CCCCCCC(=O)OCC(COC(=O)CCCCCCCCCCCCCCCCC)OC(=O)CCCCCC/C=C\C/C=C\C/C=C\C/C=C\CC. The molecule has 0 aliphatic rings. The first-order chi connectivity index (χ1) is 33.0. The second-order valence-corrected chi connectivity index (χ2v) is 18.1. The van der Waals surface area contributed by atoms with Crippen LogP contribution >= 0.6 is 0 Å². The minimum absolute atomic E-state index is 0.0945. The summed E-state index contributed by atoms with van der Waals surface area (Å²) in [5.74, 6) is -0.940. The Morgan fingerprint density at radius 1 is 0.313 bits per heavy atom. The Morgan fingerprint density at radius 3 is 0.910 bits per heavy atom. The van der Waals surface area contributed by atoms with Crippen molar-refractivity contribution in [3.63, 3.8) is 0 Å². The molecule has 0 aliphatic carbocycles. The van der Waals surface area contributed by atoms with Crippen molar-refractivity contribution in [2.45, 2.75) is 258 Å². The quantitative estimate of drug-likeness (QED) is 0.0262. The Bertz CT molecular complexity index is 1350. The second kappa shape index (κ2) is 54.9. The molecule has 67 heavy (non-hydrogen) atoms. The Labute approximate surface area is 413 Å². The Morgan fingerprint density at radius 2 is 0.582 bits per heavy atom. The van der Waals surface area contributed by atoms with Gasteiger partial charge in [-0.05, 0) is 96.3 Å². The number of rotatable bonds is 49. The van der Waals surface area contributed by atoms with Crippen LogP contribution in [0.2, 0.25) is 0 Å². The van der Waals surface area contributed by atoms with Gasteiger partial charge in [-0.1, -0.05) is 234 Å². The van der Waals surface area contributed by atoms with Crippen LogP contribution in [0.25, 0.3) is 0 Å². The van der Waals surface area contributed by atoms with E-state index in [1.54, 1.807) is 0 Å². The molecule has 0 aliphatic heterocycles. The van der Waals surface area contributed by atoms with E-state index < -0.39 is 6.10 Å². The van der Waals surface area contributed by atoms with Crippen LogP contribution in [-0.4, -0.2) is 37.2 Å². The molecule has 0 bridgehead atoms. The van der Waals surface area contributed by atoms with Crippen LogP contribution in [0.1, 0.15) is 252 Å². The number of hydrogen-bond donors (Lipinski definition) is 0. The summed E-state index contributed by atoms with van der Waals surface area (Å²) >= 11 is 0. The van der Waals surface area contributed by atoms with Gasteiger partial charge in [-0.3, -0.25) is 14.4 Å². The van der Waals surface area contributed by atoms with Crippen LogP contribution < -0.4 is 0 Å². The third-order valence-electron chi connectivity index (χ3n) is 11.6. The van der Waals surface area contributed by atoms with Gasteiger partial charge >= 0.3 is 17.9 Å². The van der Waals surface area contributed by atoms with Gasteiger partial charge in [0.15, 0.2) is 6.10 Å². The summed E-state index contributed by atoms with van der Waals surface area (Å²) in [6.07, 6.45) is 72.5. The standard InChI is InChI=1S/C61H102O6/c1-4-7-10-13-16-19-22-25-28-30-33-36-39-42-45-48-51-54-60(63)66-57-58(56-65-59(62)53-50-47-44-41-38-35-32-27-24-21-18-15-12-9-6-3)67-61(64)55-52-49-46-43-40-37-34-31-29-26-23-20-17-14-11-8-5-2/h7-8,10-11,16-17,19-20,25-26,28-29,33-34,36-37,58H,4-6,9,12-15,18,21-24,27,30-32,35,38-57H2,1-3H3/b10-7-,11-8-,19-16-,20-17-,28-25-,29-26-,36-33-,37-34-. The molecule has 0 saturated heterocycles. The predicted octanol–water partition coefficient (Wildman–Crippen LogP) is 18.5. The van der Waals surface area contributed by atoms with Gasteiger partial charge in [-0.25, -0.2) is 0 Å². The zero-order chi connectivity index (χ0) is 48.6. The van der Waals surface area contributed by atoms with Crippen LogP contribution in [0.15, 0.2) is 97.2 Å². The molecule has 0 radical (unpaired) electrons. The molecule has 1 unspecified atom stereocenters. The average molecular weight is 931 g/mol. The van der Waals surface area contributed by atoms with Gasteiger partial charge in [0.1, 0.15) is 13.2 Å². The summed E-state index contributed by atoms with van der Waals surface area (Å²) in [4.78, 5) is 38.1. The molecule has 6 nitrogen and oxygen atoms in total. The minimum Gasteiger partial charge on any atom is -0.462 e. The Hall–Kier alpha value is -3.67. The molecule has 0 fully saturated rings. The molecule has 0 aromatic heterocycles. The zero-order valence-electron chi connectivity index (χ0n) is 43.6. The lowest BCUT2D eigenvalue weighted by molar-refractivity contribution is -0.167. The van der Waals surface area contributed by atoms with Crippen LogP contribution in [0.5, 0.6) is 0 Å². The molecular weight excluding hydrogens is 829 g/mol. The van der Waals surface area contributed by atoms with Gasteiger partial charge in [0, 0.05) is 19.3 Å². The maximum atomic E-state index is 12.8. The van der Waals surface area contributed by atoms with Crippen molar-refractivity contribution in [1.29, 1.82) is 0 Å². The predicted molar refractivity (Wildman–Crippen MR) is 288 cm³/mol. The van der Waals surface area contributed by atoms with E-state index in [0.717, 1.165) is 135 Å². The summed E-state index contributed by atoms with van der Waals surface area (Å²) in [7, 11) is 0.